The van der Waals surface area contributed by atoms with Crippen LogP contribution in [0.5, 0.6) is 11.5 Å². The van der Waals surface area contributed by atoms with Gasteiger partial charge in [0.15, 0.2) is 0 Å². The summed E-state index contributed by atoms with van der Waals surface area (Å²) in [6, 6.07) is 13.4. The van der Waals surface area contributed by atoms with E-state index in [1.165, 1.54) is 18.3 Å². The maximum absolute atomic E-state index is 5.56. The average molecular weight is 365 g/mol. The Bertz CT molecular complexity index is 581. The van der Waals surface area contributed by atoms with Gasteiger partial charge in [-0.1, -0.05) is 0 Å². The van der Waals surface area contributed by atoms with Crippen LogP contribution in [-0.4, -0.2) is 13.2 Å². The molecule has 0 aromatic heterocycles. The second-order valence-electron chi connectivity index (χ2n) is 4.80. The second kappa shape index (κ2) is 4.71. The second-order valence-corrected chi connectivity index (χ2v) is 7.83. The first-order valence-corrected chi connectivity index (χ1v) is 8.70. The van der Waals surface area contributed by atoms with Crippen molar-refractivity contribution in [1.82, 2.24) is 0 Å². The summed E-state index contributed by atoms with van der Waals surface area (Å²) < 4.78 is 14.1. The Morgan fingerprint density at radius 3 is 1.79 bits per heavy atom. The molecule has 2 aromatic rings. The predicted molar refractivity (Wildman–Crippen MR) is 68.7 cm³/mol. The summed E-state index contributed by atoms with van der Waals surface area (Å²) in [5.41, 5.74) is 2.75. The van der Waals surface area contributed by atoms with Gasteiger partial charge in [-0.05, 0) is 0 Å². The number of rotatable bonds is 2. The predicted octanol–water partition coefficient (Wildman–Crippen LogP) is -0.315. The van der Waals surface area contributed by atoms with Gasteiger partial charge in [-0.15, -0.1) is 0 Å². The van der Waals surface area contributed by atoms with Crippen molar-refractivity contribution in [1.29, 1.82) is 0 Å². The van der Waals surface area contributed by atoms with Crippen LogP contribution in [0.25, 0.3) is 0 Å². The number of ether oxygens (including phenoxy) is 2. The SMILES string of the molecule is c1cc2c(cc1[I-]c1ccc3c(c1)CCO3)CCO2. The molecule has 4 rings (SSSR count). The maximum atomic E-state index is 5.56. The van der Waals surface area contributed by atoms with Gasteiger partial charge in [0.05, 0.1) is 0 Å². The van der Waals surface area contributed by atoms with Crippen LogP contribution in [0.15, 0.2) is 36.4 Å². The van der Waals surface area contributed by atoms with Gasteiger partial charge in [-0.25, -0.2) is 0 Å². The fraction of sp³-hybridized carbons (Fsp3) is 0.250. The number of hydrogen-bond donors (Lipinski definition) is 0. The van der Waals surface area contributed by atoms with Crippen molar-refractivity contribution in [3.05, 3.63) is 54.7 Å². The Kier molecular flexibility index (Phi) is 2.87. The van der Waals surface area contributed by atoms with Crippen molar-refractivity contribution >= 4 is 0 Å². The molecular formula is C16H14IO2-. The van der Waals surface area contributed by atoms with E-state index in [1.54, 1.807) is 0 Å². The first-order chi connectivity index (χ1) is 9.38. The molecule has 2 aromatic carbocycles. The van der Waals surface area contributed by atoms with Crippen molar-refractivity contribution in [2.75, 3.05) is 13.2 Å². The molecule has 0 aliphatic carbocycles. The molecule has 0 atom stereocenters. The van der Waals surface area contributed by atoms with Gasteiger partial charge >= 0.3 is 123 Å². The molecule has 0 unspecified atom stereocenters. The van der Waals surface area contributed by atoms with E-state index in [1.807, 2.05) is 0 Å². The Hall–Kier alpha value is -1.23. The average Bonchev–Trinajstić information content (AvgIpc) is 3.05. The summed E-state index contributed by atoms with van der Waals surface area (Å²) in [5.74, 6) is 2.16. The van der Waals surface area contributed by atoms with Crippen LogP contribution in [0.4, 0.5) is 0 Å². The summed E-state index contributed by atoms with van der Waals surface area (Å²) in [6.45, 7) is 1.68. The molecule has 0 saturated carbocycles. The first kappa shape index (κ1) is 11.6. The standard InChI is InChI=1S/C16H14IO2/c1-3-15-11(5-7-18-15)9-13(1)17-14-2-4-16-12(10-14)6-8-19-16/h1-4,9-10H,5-8H2/q-1. The molecule has 0 bridgehead atoms. The van der Waals surface area contributed by atoms with Crippen LogP contribution in [0.3, 0.4) is 0 Å². The number of fused-ring (bicyclic) bond motifs is 2. The van der Waals surface area contributed by atoms with Gasteiger partial charge in [0.1, 0.15) is 0 Å². The van der Waals surface area contributed by atoms with Crippen molar-refractivity contribution in [2.45, 2.75) is 12.8 Å². The van der Waals surface area contributed by atoms with E-state index >= 15 is 0 Å². The molecule has 0 N–H and O–H groups in total. The van der Waals surface area contributed by atoms with Gasteiger partial charge in [0.2, 0.25) is 0 Å². The molecule has 0 radical (unpaired) electrons. The Labute approximate surface area is 123 Å². The first-order valence-electron chi connectivity index (χ1n) is 6.55. The molecule has 0 fully saturated rings. The fourth-order valence-electron chi connectivity index (χ4n) is 2.55. The molecule has 0 amide bonds. The monoisotopic (exact) mass is 365 g/mol. The van der Waals surface area contributed by atoms with E-state index < -0.39 is 0 Å². The van der Waals surface area contributed by atoms with Crippen molar-refractivity contribution in [3.63, 3.8) is 0 Å². The van der Waals surface area contributed by atoms with E-state index in [4.69, 9.17) is 9.47 Å². The van der Waals surface area contributed by atoms with E-state index in [-0.39, 0.29) is 21.2 Å². The van der Waals surface area contributed by atoms with E-state index in [0.29, 0.717) is 0 Å². The van der Waals surface area contributed by atoms with E-state index in [9.17, 15) is 0 Å². The third-order valence-corrected chi connectivity index (χ3v) is 6.11. The Morgan fingerprint density at radius 2 is 1.26 bits per heavy atom. The number of hydrogen-bond acceptors (Lipinski definition) is 2. The number of halogens is 1. The summed E-state index contributed by atoms with van der Waals surface area (Å²) in [4.78, 5) is 0. The minimum atomic E-state index is -0.0982. The van der Waals surface area contributed by atoms with Crippen molar-refractivity contribution in [3.8, 4) is 11.5 Å². The van der Waals surface area contributed by atoms with Gasteiger partial charge in [0.25, 0.3) is 0 Å². The fourth-order valence-corrected chi connectivity index (χ4v) is 5.06. The van der Waals surface area contributed by atoms with Crippen LogP contribution in [0, 0.1) is 7.14 Å². The summed E-state index contributed by atoms with van der Waals surface area (Å²) in [7, 11) is 0. The molecule has 2 heterocycles. The molecular weight excluding hydrogens is 351 g/mol. The summed E-state index contributed by atoms with van der Waals surface area (Å²) >= 11 is -0.0982. The number of benzene rings is 2. The minimum absolute atomic E-state index is 0.0982. The van der Waals surface area contributed by atoms with Crippen LogP contribution in [-0.2, 0) is 12.8 Å². The van der Waals surface area contributed by atoms with E-state index in [0.717, 1.165) is 37.6 Å². The molecule has 0 spiro atoms. The normalized spacial score (nSPS) is 15.8. The van der Waals surface area contributed by atoms with Gasteiger partial charge in [0, 0.05) is 0 Å². The summed E-state index contributed by atoms with van der Waals surface area (Å²) in [6.07, 6.45) is 2.12. The molecule has 0 saturated heterocycles. The topological polar surface area (TPSA) is 18.5 Å². The summed E-state index contributed by atoms with van der Waals surface area (Å²) in [5, 5.41) is 0. The third kappa shape index (κ3) is 2.20. The third-order valence-electron chi connectivity index (χ3n) is 3.52. The molecule has 2 aliphatic heterocycles. The molecule has 19 heavy (non-hydrogen) atoms. The van der Waals surface area contributed by atoms with Crippen LogP contribution < -0.4 is 30.7 Å². The zero-order chi connectivity index (χ0) is 12.7. The van der Waals surface area contributed by atoms with Gasteiger partial charge in [-0.3, -0.25) is 0 Å². The van der Waals surface area contributed by atoms with Gasteiger partial charge in [-0.2, -0.15) is 0 Å². The zero-order valence-corrected chi connectivity index (χ0v) is 12.6. The Balaban J connectivity index is 1.61. The van der Waals surface area contributed by atoms with Crippen LogP contribution in [0.1, 0.15) is 11.1 Å². The molecule has 2 nitrogen and oxygen atoms in total. The van der Waals surface area contributed by atoms with Crippen LogP contribution >= 0.6 is 0 Å². The molecule has 2 aliphatic rings. The quantitative estimate of drug-likeness (QED) is 0.680. The Morgan fingerprint density at radius 1 is 0.737 bits per heavy atom. The van der Waals surface area contributed by atoms with E-state index in [2.05, 4.69) is 36.4 Å². The molecule has 98 valence electrons. The zero-order valence-electron chi connectivity index (χ0n) is 10.5. The van der Waals surface area contributed by atoms with Gasteiger partial charge < -0.3 is 0 Å². The van der Waals surface area contributed by atoms with Crippen molar-refractivity contribution in [2.24, 2.45) is 0 Å². The van der Waals surface area contributed by atoms with Crippen LogP contribution in [0.2, 0.25) is 0 Å². The molecule has 3 heteroatoms. The van der Waals surface area contributed by atoms with Crippen molar-refractivity contribution < 1.29 is 30.7 Å².